The number of rotatable bonds is 3. The number of phenols is 1. The predicted molar refractivity (Wildman–Crippen MR) is 96.4 cm³/mol. The van der Waals surface area contributed by atoms with Crippen molar-refractivity contribution in [2.75, 3.05) is 20.5 Å². The zero-order chi connectivity index (χ0) is 19.5. The maximum absolute atomic E-state index is 12.1. The molecule has 2 aromatic heterocycles. The second-order valence-electron chi connectivity index (χ2n) is 6.01. The van der Waals surface area contributed by atoms with Gasteiger partial charge in [0.05, 0.1) is 24.5 Å². The van der Waals surface area contributed by atoms with Gasteiger partial charge in [0.15, 0.2) is 26.6 Å². The van der Waals surface area contributed by atoms with E-state index in [2.05, 4.69) is 0 Å². The van der Waals surface area contributed by atoms with E-state index in [1.165, 1.54) is 32.4 Å². The molecule has 0 aliphatic rings. The summed E-state index contributed by atoms with van der Waals surface area (Å²) in [4.78, 5) is 10.1. The second-order valence-corrected chi connectivity index (χ2v) is 7.99. The van der Waals surface area contributed by atoms with Crippen molar-refractivity contribution < 1.29 is 36.6 Å². The molecule has 140 valence electrons. The molecule has 0 radical (unpaired) electrons. The maximum atomic E-state index is 12.1. The molecule has 8 nitrogen and oxygen atoms in total. The van der Waals surface area contributed by atoms with E-state index in [1.54, 1.807) is 0 Å². The van der Waals surface area contributed by atoms with Crippen molar-refractivity contribution in [3.05, 3.63) is 29.7 Å². The first-order chi connectivity index (χ1) is 12.7. The van der Waals surface area contributed by atoms with E-state index in [0.717, 1.165) is 12.3 Å². The van der Waals surface area contributed by atoms with Crippen LogP contribution in [-0.2, 0) is 9.84 Å². The molecule has 4 rings (SSSR count). The number of hydrogen-bond acceptors (Lipinski definition) is 7. The summed E-state index contributed by atoms with van der Waals surface area (Å²) < 4.78 is 46.2. The van der Waals surface area contributed by atoms with E-state index in [0.29, 0.717) is 11.0 Å². The normalized spacial score (nSPS) is 12.1. The van der Waals surface area contributed by atoms with E-state index in [4.69, 9.17) is 18.3 Å². The van der Waals surface area contributed by atoms with Gasteiger partial charge in [-0.05, 0) is 12.1 Å². The quantitative estimate of drug-likeness (QED) is 0.533. The van der Waals surface area contributed by atoms with Gasteiger partial charge < -0.3 is 23.4 Å². The van der Waals surface area contributed by atoms with Crippen molar-refractivity contribution in [1.82, 2.24) is 0 Å². The van der Waals surface area contributed by atoms with Gasteiger partial charge in [-0.3, -0.25) is 4.79 Å². The molecule has 2 heterocycles. The highest BCUT2D eigenvalue weighted by Crippen LogP contribution is 2.39. The highest BCUT2D eigenvalue weighted by atomic mass is 32.2. The fourth-order valence-corrected chi connectivity index (χ4v) is 3.97. The molecule has 0 bridgehead atoms. The van der Waals surface area contributed by atoms with Gasteiger partial charge in [0.2, 0.25) is 5.75 Å². The van der Waals surface area contributed by atoms with E-state index in [1.807, 2.05) is 0 Å². The number of hydrogen-bond donors (Lipinski definition) is 1. The van der Waals surface area contributed by atoms with Gasteiger partial charge in [-0.2, -0.15) is 0 Å². The van der Waals surface area contributed by atoms with Crippen molar-refractivity contribution in [1.29, 1.82) is 0 Å². The number of aromatic hydroxyl groups is 1. The lowest BCUT2D eigenvalue weighted by Crippen LogP contribution is -2.10. The Morgan fingerprint density at radius 3 is 2.30 bits per heavy atom. The van der Waals surface area contributed by atoms with Gasteiger partial charge >= 0.3 is 5.43 Å². The van der Waals surface area contributed by atoms with Crippen molar-refractivity contribution >= 4 is 42.9 Å². The molecule has 0 spiro atoms. The van der Waals surface area contributed by atoms with Crippen LogP contribution in [0, 0.1) is 0 Å². The van der Waals surface area contributed by atoms with E-state index < -0.39 is 9.84 Å². The van der Waals surface area contributed by atoms with Crippen molar-refractivity contribution in [3.8, 4) is 17.2 Å². The summed E-state index contributed by atoms with van der Waals surface area (Å²) in [6.45, 7) is 0. The average Bonchev–Trinajstić information content (AvgIpc) is 2.94. The van der Waals surface area contributed by atoms with Crippen LogP contribution >= 0.6 is 0 Å². The van der Waals surface area contributed by atoms with E-state index in [9.17, 15) is 18.3 Å². The second kappa shape index (κ2) is 5.65. The maximum Gasteiger partial charge on any atom is 0.426 e. The SMILES string of the molecule is COc1cc2c(oc3cc4c(S(C)(=O)=O)cc(O)cc4oc32)c(OC)c1=[OH+]. The Kier molecular flexibility index (Phi) is 3.60. The molecule has 0 aliphatic carbocycles. The molecular formula is C18H15O8S+. The smallest absolute Gasteiger partial charge is 0.426 e. The summed E-state index contributed by atoms with van der Waals surface area (Å²) in [5.74, 6) is -0.0253. The molecule has 0 unspecified atom stereocenters. The minimum atomic E-state index is -3.63. The molecule has 9 heteroatoms. The lowest BCUT2D eigenvalue weighted by Gasteiger charge is -2.05. The third-order valence-corrected chi connectivity index (χ3v) is 5.39. The fourth-order valence-electron chi connectivity index (χ4n) is 3.07. The summed E-state index contributed by atoms with van der Waals surface area (Å²) >= 11 is 0. The van der Waals surface area contributed by atoms with Crippen LogP contribution in [0.4, 0.5) is 0 Å². The van der Waals surface area contributed by atoms with Gasteiger partial charge in [0.25, 0.3) is 5.75 Å². The van der Waals surface area contributed by atoms with Crippen molar-refractivity contribution in [3.63, 3.8) is 0 Å². The summed E-state index contributed by atoms with van der Waals surface area (Å²) in [5, 5.41) is 10.6. The molecule has 0 saturated heterocycles. The molecule has 0 amide bonds. The minimum Gasteiger partial charge on any atom is -0.508 e. The average molecular weight is 391 g/mol. The van der Waals surface area contributed by atoms with Crippen LogP contribution in [0.15, 0.2) is 38.0 Å². The number of fused-ring (bicyclic) bond motifs is 4. The first-order valence-electron chi connectivity index (χ1n) is 7.74. The van der Waals surface area contributed by atoms with Crippen LogP contribution in [0.1, 0.15) is 0 Å². The molecule has 4 aromatic rings. The van der Waals surface area contributed by atoms with Crippen LogP contribution < -0.4 is 14.9 Å². The molecule has 0 atom stereocenters. The summed E-state index contributed by atoms with van der Waals surface area (Å²) in [6.07, 6.45) is 1.04. The Bertz CT molecular complexity index is 1390. The summed E-state index contributed by atoms with van der Waals surface area (Å²) in [5.41, 5.74) is 0.690. The van der Waals surface area contributed by atoms with Crippen molar-refractivity contribution in [2.24, 2.45) is 0 Å². The lowest BCUT2D eigenvalue weighted by molar-refractivity contribution is 0.357. The Labute approximate surface area is 152 Å². The standard InChI is InChI=1S/C18H14O8S/c1-23-12-7-10-16-13(26-17(10)18(24-2)15(12)20)6-9-11(25-16)4-8(19)5-14(9)27(3,21)22/h4-7,19H,1-3H3/p+1. The highest BCUT2D eigenvalue weighted by Gasteiger charge is 2.25. The van der Waals surface area contributed by atoms with Crippen LogP contribution in [0.25, 0.3) is 33.1 Å². The van der Waals surface area contributed by atoms with E-state index >= 15 is 0 Å². The third kappa shape index (κ3) is 2.50. The first kappa shape index (κ1) is 17.2. The van der Waals surface area contributed by atoms with Crippen LogP contribution in [0.2, 0.25) is 0 Å². The zero-order valence-corrected chi connectivity index (χ0v) is 15.4. The predicted octanol–water partition coefficient (Wildman–Crippen LogP) is 2.46. The highest BCUT2D eigenvalue weighted by molar-refractivity contribution is 7.91. The molecule has 2 N–H and O–H groups in total. The Hall–Kier alpha value is -3.20. The van der Waals surface area contributed by atoms with E-state index in [-0.39, 0.29) is 49.7 Å². The number of phenolic OH excluding ortho intramolecular Hbond substituents is 1. The molecular weight excluding hydrogens is 376 g/mol. The van der Waals surface area contributed by atoms with Gasteiger partial charge in [0, 0.05) is 23.8 Å². The van der Waals surface area contributed by atoms with Crippen molar-refractivity contribution in [2.45, 2.75) is 4.90 Å². The lowest BCUT2D eigenvalue weighted by atomic mass is 10.2. The number of furan rings is 1. The van der Waals surface area contributed by atoms with Gasteiger partial charge in [-0.15, -0.1) is 0 Å². The number of benzene rings is 2. The number of sulfone groups is 1. The van der Waals surface area contributed by atoms with Crippen LogP contribution in [0.3, 0.4) is 0 Å². The van der Waals surface area contributed by atoms with Crippen LogP contribution in [0.5, 0.6) is 17.2 Å². The zero-order valence-electron chi connectivity index (χ0n) is 14.6. The monoisotopic (exact) mass is 391 g/mol. The first-order valence-corrected chi connectivity index (χ1v) is 9.63. The topological polar surface area (TPSA) is 121 Å². The summed E-state index contributed by atoms with van der Waals surface area (Å²) in [7, 11) is -0.863. The Morgan fingerprint density at radius 1 is 0.963 bits per heavy atom. The molecule has 2 aromatic carbocycles. The molecule has 0 fully saturated rings. The van der Waals surface area contributed by atoms with Gasteiger partial charge in [0.1, 0.15) is 11.3 Å². The summed E-state index contributed by atoms with van der Waals surface area (Å²) in [6, 6.07) is 5.50. The van der Waals surface area contributed by atoms with Gasteiger partial charge in [-0.25, -0.2) is 8.42 Å². The molecule has 0 aliphatic heterocycles. The third-order valence-electron chi connectivity index (χ3n) is 4.26. The number of methoxy groups -OCH3 is 2. The molecule has 0 saturated carbocycles. The Balaban J connectivity index is 2.22. The molecule has 27 heavy (non-hydrogen) atoms. The number of ether oxygens (including phenoxy) is 2. The Morgan fingerprint density at radius 2 is 1.67 bits per heavy atom. The largest absolute Gasteiger partial charge is 0.508 e. The van der Waals surface area contributed by atoms with Crippen LogP contribution in [-0.4, -0.2) is 38.8 Å². The van der Waals surface area contributed by atoms with Gasteiger partial charge in [-0.1, -0.05) is 0 Å². The minimum absolute atomic E-state index is 0.0611. The fraction of sp³-hybridized carbons (Fsp3) is 0.167.